The fraction of sp³-hybridized carbons (Fsp3) is 0.321. The molecule has 2 aromatic carbocycles. The van der Waals surface area contributed by atoms with Gasteiger partial charge in [0, 0.05) is 43.3 Å². The number of carbonyl (C=O) groups excluding carboxylic acids is 3. The van der Waals surface area contributed by atoms with Gasteiger partial charge in [-0.3, -0.25) is 9.59 Å². The van der Waals surface area contributed by atoms with Gasteiger partial charge in [0.2, 0.25) is 0 Å². The number of Topliss-reactive ketones (excluding diaryl/α,β-unsaturated/α-hetero) is 1. The lowest BCUT2D eigenvalue weighted by Gasteiger charge is -2.36. The number of esters is 2. The van der Waals surface area contributed by atoms with Crippen molar-refractivity contribution in [2.24, 2.45) is 0 Å². The molecule has 2 aliphatic rings. The molecule has 0 amide bonds. The van der Waals surface area contributed by atoms with Crippen LogP contribution in [0.3, 0.4) is 0 Å². The van der Waals surface area contributed by atoms with Crippen molar-refractivity contribution in [2.45, 2.75) is 38.5 Å². The molecule has 0 radical (unpaired) electrons. The van der Waals surface area contributed by atoms with Crippen LogP contribution in [0.15, 0.2) is 77.1 Å². The van der Waals surface area contributed by atoms with Gasteiger partial charge < -0.3 is 19.5 Å². The van der Waals surface area contributed by atoms with Crippen LogP contribution in [0.4, 0.5) is 0 Å². The Bertz CT molecular complexity index is 1180. The Hall–Kier alpha value is -3.71. The first-order valence-corrected chi connectivity index (χ1v) is 11.6. The van der Waals surface area contributed by atoms with Gasteiger partial charge >= 0.3 is 11.9 Å². The number of ether oxygens (including phenoxy) is 3. The SMILES string of the molecule is COCCOC(=O)C1=C(C)NC2=C(C(=O)C[C@@H](c3ccccc3)C2)[C@H]1c1ccc(OC(C)=O)cc1. The number of benzene rings is 2. The lowest BCUT2D eigenvalue weighted by molar-refractivity contribution is -0.140. The van der Waals surface area contributed by atoms with Crippen LogP contribution in [-0.4, -0.2) is 38.0 Å². The summed E-state index contributed by atoms with van der Waals surface area (Å²) in [4.78, 5) is 38.1. The van der Waals surface area contributed by atoms with Crippen LogP contribution in [0.1, 0.15) is 49.7 Å². The molecule has 0 aromatic heterocycles. The zero-order valence-corrected chi connectivity index (χ0v) is 20.1. The summed E-state index contributed by atoms with van der Waals surface area (Å²) in [5.41, 5.74) is 4.33. The predicted molar refractivity (Wildman–Crippen MR) is 130 cm³/mol. The number of hydrogen-bond donors (Lipinski definition) is 1. The number of carbonyl (C=O) groups is 3. The van der Waals surface area contributed by atoms with E-state index in [0.717, 1.165) is 16.8 Å². The molecule has 0 unspecified atom stereocenters. The Morgan fingerprint density at radius 3 is 2.34 bits per heavy atom. The van der Waals surface area contributed by atoms with E-state index in [0.29, 0.717) is 35.4 Å². The number of hydrogen-bond acceptors (Lipinski definition) is 7. The van der Waals surface area contributed by atoms with Crippen molar-refractivity contribution in [3.8, 4) is 5.75 Å². The van der Waals surface area contributed by atoms with Gasteiger partial charge in [0.25, 0.3) is 0 Å². The Balaban J connectivity index is 1.73. The third-order valence-electron chi connectivity index (χ3n) is 6.31. The second kappa shape index (κ2) is 10.7. The first kappa shape index (κ1) is 24.4. The maximum atomic E-state index is 13.6. The third-order valence-corrected chi connectivity index (χ3v) is 6.31. The highest BCUT2D eigenvalue weighted by molar-refractivity contribution is 6.04. The maximum absolute atomic E-state index is 13.6. The van der Waals surface area contributed by atoms with E-state index in [9.17, 15) is 14.4 Å². The predicted octanol–water partition coefficient (Wildman–Crippen LogP) is 4.16. The van der Waals surface area contributed by atoms with Crippen LogP contribution >= 0.6 is 0 Å². The normalized spacial score (nSPS) is 19.7. The number of methoxy groups -OCH3 is 1. The van der Waals surface area contributed by atoms with E-state index in [1.165, 1.54) is 14.0 Å². The van der Waals surface area contributed by atoms with Gasteiger partial charge in [-0.15, -0.1) is 0 Å². The largest absolute Gasteiger partial charge is 0.460 e. The van der Waals surface area contributed by atoms with E-state index in [2.05, 4.69) is 5.32 Å². The Labute approximate surface area is 204 Å². The minimum Gasteiger partial charge on any atom is -0.460 e. The number of allylic oxidation sites excluding steroid dienone is 3. The zero-order chi connectivity index (χ0) is 24.9. The van der Waals surface area contributed by atoms with Crippen LogP contribution in [0, 0.1) is 0 Å². The molecular weight excluding hydrogens is 446 g/mol. The smallest absolute Gasteiger partial charge is 0.336 e. The molecule has 0 bridgehead atoms. The lowest BCUT2D eigenvalue weighted by Crippen LogP contribution is -2.36. The van der Waals surface area contributed by atoms with Gasteiger partial charge in [0.15, 0.2) is 5.78 Å². The molecule has 1 N–H and O–H groups in total. The highest BCUT2D eigenvalue weighted by atomic mass is 16.6. The topological polar surface area (TPSA) is 90.9 Å². The molecule has 0 saturated carbocycles. The summed E-state index contributed by atoms with van der Waals surface area (Å²) in [5.74, 6) is -1.05. The molecular formula is C28H29NO6. The summed E-state index contributed by atoms with van der Waals surface area (Å²) in [7, 11) is 1.54. The summed E-state index contributed by atoms with van der Waals surface area (Å²) < 4.78 is 15.6. The Morgan fingerprint density at radius 2 is 1.69 bits per heavy atom. The van der Waals surface area contributed by atoms with Crippen molar-refractivity contribution in [1.29, 1.82) is 0 Å². The van der Waals surface area contributed by atoms with Gasteiger partial charge in [-0.1, -0.05) is 42.5 Å². The first-order valence-electron chi connectivity index (χ1n) is 11.6. The average Bonchev–Trinajstić information content (AvgIpc) is 2.84. The first-order chi connectivity index (χ1) is 16.9. The summed E-state index contributed by atoms with van der Waals surface area (Å²) in [6.45, 7) is 3.55. The van der Waals surface area contributed by atoms with Crippen LogP contribution in [0.2, 0.25) is 0 Å². The molecule has 1 aliphatic heterocycles. The molecule has 0 spiro atoms. The van der Waals surface area contributed by atoms with Crippen molar-refractivity contribution in [3.05, 3.63) is 88.3 Å². The standard InChI is InChI=1S/C28H29NO6/c1-17-25(28(32)34-14-13-33-3)26(20-9-11-22(12-10-20)35-18(2)30)27-23(29-17)15-21(16-24(27)31)19-7-5-4-6-8-19/h4-12,21,26,29H,13-16H2,1-3H3/t21-,26-/m0/s1. The number of rotatable bonds is 7. The molecule has 182 valence electrons. The second-order valence-electron chi connectivity index (χ2n) is 8.72. The second-order valence-corrected chi connectivity index (χ2v) is 8.72. The molecule has 0 saturated heterocycles. The molecule has 7 nitrogen and oxygen atoms in total. The van der Waals surface area contributed by atoms with Crippen molar-refractivity contribution in [3.63, 3.8) is 0 Å². The minimum absolute atomic E-state index is 0.00337. The Morgan fingerprint density at radius 1 is 0.971 bits per heavy atom. The number of dihydropyridines is 1. The number of nitrogens with one attached hydrogen (secondary N) is 1. The molecule has 2 aromatic rings. The van der Waals surface area contributed by atoms with Gasteiger partial charge in [0.1, 0.15) is 12.4 Å². The molecule has 0 fully saturated rings. The Kier molecular flexibility index (Phi) is 7.46. The maximum Gasteiger partial charge on any atom is 0.336 e. The molecule has 35 heavy (non-hydrogen) atoms. The summed E-state index contributed by atoms with van der Waals surface area (Å²) >= 11 is 0. The highest BCUT2D eigenvalue weighted by Crippen LogP contribution is 2.45. The zero-order valence-electron chi connectivity index (χ0n) is 20.1. The van der Waals surface area contributed by atoms with Crippen molar-refractivity contribution in [2.75, 3.05) is 20.3 Å². The van der Waals surface area contributed by atoms with Crippen LogP contribution in [0.25, 0.3) is 0 Å². The summed E-state index contributed by atoms with van der Waals surface area (Å²) in [6.07, 6.45) is 1.02. The van der Waals surface area contributed by atoms with Crippen molar-refractivity contribution in [1.82, 2.24) is 5.32 Å². The third kappa shape index (κ3) is 5.35. The van der Waals surface area contributed by atoms with E-state index in [4.69, 9.17) is 14.2 Å². The molecule has 1 aliphatic carbocycles. The fourth-order valence-electron chi connectivity index (χ4n) is 4.79. The molecule has 2 atom stereocenters. The fourth-order valence-corrected chi connectivity index (χ4v) is 4.79. The molecule has 1 heterocycles. The van der Waals surface area contributed by atoms with Crippen molar-refractivity contribution < 1.29 is 28.6 Å². The monoisotopic (exact) mass is 475 g/mol. The molecule has 4 rings (SSSR count). The average molecular weight is 476 g/mol. The molecule has 7 heteroatoms. The highest BCUT2D eigenvalue weighted by Gasteiger charge is 2.41. The van der Waals surface area contributed by atoms with E-state index < -0.39 is 17.9 Å². The van der Waals surface area contributed by atoms with Crippen molar-refractivity contribution >= 4 is 17.7 Å². The van der Waals surface area contributed by atoms with Gasteiger partial charge in [-0.2, -0.15) is 0 Å². The van der Waals surface area contributed by atoms with E-state index in [1.807, 2.05) is 37.3 Å². The van der Waals surface area contributed by atoms with E-state index in [-0.39, 0.29) is 24.9 Å². The number of ketones is 1. The summed E-state index contributed by atoms with van der Waals surface area (Å²) in [5, 5.41) is 3.34. The van der Waals surface area contributed by atoms with E-state index in [1.54, 1.807) is 24.3 Å². The van der Waals surface area contributed by atoms with Crippen LogP contribution < -0.4 is 10.1 Å². The van der Waals surface area contributed by atoms with Gasteiger partial charge in [-0.05, 0) is 42.5 Å². The van der Waals surface area contributed by atoms with E-state index >= 15 is 0 Å². The van der Waals surface area contributed by atoms with Gasteiger partial charge in [-0.25, -0.2) is 4.79 Å². The minimum atomic E-state index is -0.586. The van der Waals surface area contributed by atoms with Crippen LogP contribution in [0.5, 0.6) is 5.75 Å². The quantitative estimate of drug-likeness (QED) is 0.365. The summed E-state index contributed by atoms with van der Waals surface area (Å²) in [6, 6.07) is 16.9. The lowest BCUT2D eigenvalue weighted by atomic mass is 9.72. The van der Waals surface area contributed by atoms with Gasteiger partial charge in [0.05, 0.1) is 12.2 Å². The van der Waals surface area contributed by atoms with Crippen LogP contribution in [-0.2, 0) is 23.9 Å².